The summed E-state index contributed by atoms with van der Waals surface area (Å²) < 4.78 is 11.1. The summed E-state index contributed by atoms with van der Waals surface area (Å²) in [5.74, 6) is 1.47. The van der Waals surface area contributed by atoms with Gasteiger partial charge in [-0.1, -0.05) is 30.3 Å². The number of benzene rings is 2. The minimum Gasteiger partial charge on any atom is -0.497 e. The normalized spacial score (nSPS) is 14.0. The van der Waals surface area contributed by atoms with E-state index in [1.54, 1.807) is 7.11 Å². The Bertz CT molecular complexity index is 829. The van der Waals surface area contributed by atoms with Crippen molar-refractivity contribution in [2.75, 3.05) is 13.7 Å². The molecule has 0 bridgehead atoms. The van der Waals surface area contributed by atoms with Gasteiger partial charge in [-0.25, -0.2) is 0 Å². The first-order valence-corrected chi connectivity index (χ1v) is 7.87. The molecule has 0 aliphatic heterocycles. The van der Waals surface area contributed by atoms with Gasteiger partial charge in [0.15, 0.2) is 0 Å². The third-order valence-corrected chi connectivity index (χ3v) is 4.07. The summed E-state index contributed by atoms with van der Waals surface area (Å²) in [4.78, 5) is 9.21. The van der Waals surface area contributed by atoms with Gasteiger partial charge in [0, 0.05) is 10.9 Å². The zero-order valence-corrected chi connectivity index (χ0v) is 13.0. The Hall–Kier alpha value is -2.62. The van der Waals surface area contributed by atoms with Crippen molar-refractivity contribution in [3.05, 3.63) is 48.5 Å². The molecule has 3 aromatic rings. The van der Waals surface area contributed by atoms with E-state index in [4.69, 9.17) is 9.47 Å². The fraction of sp³-hybridized carbons (Fsp3) is 0.263. The maximum Gasteiger partial charge on any atom is 0.317 e. The predicted octanol–water partition coefficient (Wildman–Crippen LogP) is 4.09. The number of ether oxygens (including phenoxy) is 2. The van der Waals surface area contributed by atoms with Gasteiger partial charge in [0.25, 0.3) is 0 Å². The summed E-state index contributed by atoms with van der Waals surface area (Å²) in [6, 6.07) is 16.4. The summed E-state index contributed by atoms with van der Waals surface area (Å²) in [6.45, 7) is 0.704. The number of rotatable bonds is 5. The highest BCUT2D eigenvalue weighted by molar-refractivity contribution is 5.93. The second-order valence-corrected chi connectivity index (χ2v) is 5.86. The van der Waals surface area contributed by atoms with Crippen molar-refractivity contribution in [3.63, 3.8) is 0 Å². The number of fused-ring (bicyclic) bond motifs is 1. The minimum atomic E-state index is 0.452. The molecular formula is C19H18N2O2. The van der Waals surface area contributed by atoms with Gasteiger partial charge in [-0.15, -0.1) is 0 Å². The van der Waals surface area contributed by atoms with Crippen LogP contribution in [-0.2, 0) is 0 Å². The highest BCUT2D eigenvalue weighted by Crippen LogP contribution is 2.32. The van der Waals surface area contributed by atoms with Crippen molar-refractivity contribution in [2.45, 2.75) is 12.8 Å². The highest BCUT2D eigenvalue weighted by Gasteiger charge is 2.22. The number of aromatic nitrogens is 2. The topological polar surface area (TPSA) is 44.2 Å². The molecule has 0 unspecified atom stereocenters. The van der Waals surface area contributed by atoms with E-state index < -0.39 is 0 Å². The molecule has 2 aromatic carbocycles. The van der Waals surface area contributed by atoms with Crippen LogP contribution in [0.25, 0.3) is 22.2 Å². The summed E-state index contributed by atoms with van der Waals surface area (Å²) in [6.07, 6.45) is 2.49. The lowest BCUT2D eigenvalue weighted by molar-refractivity contribution is 0.278. The van der Waals surface area contributed by atoms with Crippen molar-refractivity contribution in [2.24, 2.45) is 5.92 Å². The van der Waals surface area contributed by atoms with Crippen LogP contribution in [0.2, 0.25) is 0 Å². The Morgan fingerprint density at radius 1 is 1.04 bits per heavy atom. The van der Waals surface area contributed by atoms with E-state index in [1.807, 2.05) is 48.5 Å². The molecule has 1 heterocycles. The van der Waals surface area contributed by atoms with Crippen molar-refractivity contribution >= 4 is 10.9 Å². The third-order valence-electron chi connectivity index (χ3n) is 4.07. The van der Waals surface area contributed by atoms with E-state index in [0.29, 0.717) is 18.5 Å². The maximum absolute atomic E-state index is 5.80. The smallest absolute Gasteiger partial charge is 0.317 e. The van der Waals surface area contributed by atoms with Crippen molar-refractivity contribution < 1.29 is 9.47 Å². The van der Waals surface area contributed by atoms with Gasteiger partial charge in [0.1, 0.15) is 5.75 Å². The van der Waals surface area contributed by atoms with Crippen LogP contribution < -0.4 is 9.47 Å². The standard InChI is InChI=1S/C19H18N2O2/c1-22-15-9-10-17-16(11-15)18(14-5-3-2-4-6-14)21-19(20-17)23-12-13-7-8-13/h2-6,9-11,13H,7-8,12H2,1H3. The molecule has 0 amide bonds. The molecule has 0 N–H and O–H groups in total. The Kier molecular flexibility index (Phi) is 3.58. The summed E-state index contributed by atoms with van der Waals surface area (Å²) in [5.41, 5.74) is 2.79. The zero-order chi connectivity index (χ0) is 15.6. The van der Waals surface area contributed by atoms with E-state index in [0.717, 1.165) is 27.9 Å². The first-order valence-electron chi connectivity index (χ1n) is 7.87. The lowest BCUT2D eigenvalue weighted by Gasteiger charge is -2.10. The quantitative estimate of drug-likeness (QED) is 0.712. The Balaban J connectivity index is 1.83. The molecule has 4 heteroatoms. The van der Waals surface area contributed by atoms with Crippen LogP contribution in [-0.4, -0.2) is 23.7 Å². The molecule has 4 nitrogen and oxygen atoms in total. The lowest BCUT2D eigenvalue weighted by atomic mass is 10.1. The molecule has 0 radical (unpaired) electrons. The minimum absolute atomic E-state index is 0.452. The van der Waals surface area contributed by atoms with Crippen LogP contribution >= 0.6 is 0 Å². The van der Waals surface area contributed by atoms with Crippen LogP contribution in [0.1, 0.15) is 12.8 Å². The third kappa shape index (κ3) is 2.97. The molecule has 1 aromatic heterocycles. The number of nitrogens with zero attached hydrogens (tertiary/aromatic N) is 2. The molecule has 4 rings (SSSR count). The summed E-state index contributed by atoms with van der Waals surface area (Å²) >= 11 is 0. The van der Waals surface area contributed by atoms with E-state index in [-0.39, 0.29) is 0 Å². The second kappa shape index (κ2) is 5.88. The van der Waals surface area contributed by atoms with E-state index in [2.05, 4.69) is 9.97 Å². The lowest BCUT2D eigenvalue weighted by Crippen LogP contribution is -2.04. The van der Waals surface area contributed by atoms with Crippen LogP contribution in [0.5, 0.6) is 11.8 Å². The molecule has 0 atom stereocenters. The molecule has 1 saturated carbocycles. The van der Waals surface area contributed by atoms with Gasteiger partial charge in [0.2, 0.25) is 0 Å². The second-order valence-electron chi connectivity index (χ2n) is 5.86. The molecule has 0 saturated heterocycles. The molecule has 0 spiro atoms. The Labute approximate surface area is 135 Å². The van der Waals surface area contributed by atoms with Crippen LogP contribution in [0.4, 0.5) is 0 Å². The van der Waals surface area contributed by atoms with Gasteiger partial charge in [-0.05, 0) is 37.0 Å². The predicted molar refractivity (Wildman–Crippen MR) is 89.7 cm³/mol. The average molecular weight is 306 g/mol. The fourth-order valence-electron chi connectivity index (χ4n) is 2.57. The number of hydrogen-bond acceptors (Lipinski definition) is 4. The van der Waals surface area contributed by atoms with Crippen LogP contribution in [0.15, 0.2) is 48.5 Å². The Morgan fingerprint density at radius 3 is 2.61 bits per heavy atom. The zero-order valence-electron chi connectivity index (χ0n) is 13.0. The van der Waals surface area contributed by atoms with E-state index >= 15 is 0 Å². The highest BCUT2D eigenvalue weighted by atomic mass is 16.5. The largest absolute Gasteiger partial charge is 0.497 e. The molecule has 23 heavy (non-hydrogen) atoms. The fourth-order valence-corrected chi connectivity index (χ4v) is 2.57. The van der Waals surface area contributed by atoms with E-state index in [1.165, 1.54) is 12.8 Å². The van der Waals surface area contributed by atoms with Crippen LogP contribution in [0, 0.1) is 5.92 Å². The maximum atomic E-state index is 5.80. The SMILES string of the molecule is COc1ccc2nc(OCC3CC3)nc(-c3ccccc3)c2c1. The molecule has 1 aliphatic carbocycles. The molecular weight excluding hydrogens is 288 g/mol. The molecule has 116 valence electrons. The van der Waals surface area contributed by atoms with Gasteiger partial charge >= 0.3 is 6.01 Å². The average Bonchev–Trinajstić information content (AvgIpc) is 3.44. The monoisotopic (exact) mass is 306 g/mol. The van der Waals surface area contributed by atoms with Crippen molar-refractivity contribution in [3.8, 4) is 23.0 Å². The van der Waals surface area contributed by atoms with E-state index in [9.17, 15) is 0 Å². The summed E-state index contributed by atoms with van der Waals surface area (Å²) in [5, 5.41) is 0.967. The van der Waals surface area contributed by atoms with Gasteiger partial charge in [0.05, 0.1) is 24.9 Å². The van der Waals surface area contributed by atoms with Crippen molar-refractivity contribution in [1.29, 1.82) is 0 Å². The summed E-state index contributed by atoms with van der Waals surface area (Å²) in [7, 11) is 1.66. The van der Waals surface area contributed by atoms with Gasteiger partial charge in [-0.3, -0.25) is 0 Å². The van der Waals surface area contributed by atoms with Crippen LogP contribution in [0.3, 0.4) is 0 Å². The molecule has 1 aliphatic rings. The molecule has 1 fully saturated rings. The van der Waals surface area contributed by atoms with Gasteiger partial charge < -0.3 is 9.47 Å². The first kappa shape index (κ1) is 14.0. The first-order chi connectivity index (χ1) is 11.3. The Morgan fingerprint density at radius 2 is 1.87 bits per heavy atom. The number of hydrogen-bond donors (Lipinski definition) is 0. The van der Waals surface area contributed by atoms with Gasteiger partial charge in [-0.2, -0.15) is 9.97 Å². The number of methoxy groups -OCH3 is 1. The van der Waals surface area contributed by atoms with Crippen molar-refractivity contribution in [1.82, 2.24) is 9.97 Å².